The molecule has 0 amide bonds. The Hall–Kier alpha value is -3.73. The normalized spacial score (nSPS) is 12.9. The number of ketones is 1. The van der Waals surface area contributed by atoms with Crippen LogP contribution in [0.3, 0.4) is 0 Å². The van der Waals surface area contributed by atoms with Crippen LogP contribution in [0, 0.1) is 19.7 Å². The van der Waals surface area contributed by atoms with Gasteiger partial charge in [-0.1, -0.05) is 56.3 Å². The van der Waals surface area contributed by atoms with Crippen molar-refractivity contribution in [1.82, 2.24) is 9.78 Å². The third-order valence-electron chi connectivity index (χ3n) is 6.92. The van der Waals surface area contributed by atoms with Gasteiger partial charge in [0.25, 0.3) is 0 Å². The molecule has 2 heterocycles. The van der Waals surface area contributed by atoms with Gasteiger partial charge in [0.1, 0.15) is 5.82 Å². The fourth-order valence-corrected chi connectivity index (χ4v) is 5.12. The molecule has 178 valence electrons. The van der Waals surface area contributed by atoms with E-state index < -0.39 is 0 Å². The van der Waals surface area contributed by atoms with Gasteiger partial charge in [-0.25, -0.2) is 9.07 Å². The van der Waals surface area contributed by atoms with Gasteiger partial charge in [0.05, 0.1) is 23.6 Å². The molecule has 5 heteroatoms. The minimum absolute atomic E-state index is 0.0498. The molecule has 0 saturated carbocycles. The Morgan fingerprint density at radius 2 is 1.66 bits per heavy atom. The van der Waals surface area contributed by atoms with Gasteiger partial charge in [0.2, 0.25) is 0 Å². The number of nitrogens with zero attached hydrogens (tertiary/aromatic N) is 3. The average Bonchev–Trinajstić information content (AvgIpc) is 3.37. The van der Waals surface area contributed by atoms with Crippen molar-refractivity contribution in [3.05, 3.63) is 100.0 Å². The Kier molecular flexibility index (Phi) is 5.79. The number of aryl methyl sites for hydroxylation is 2. The molecule has 0 radical (unpaired) electrons. The van der Waals surface area contributed by atoms with Crippen molar-refractivity contribution >= 4 is 11.5 Å². The molecular weight excluding hydrogens is 437 g/mol. The van der Waals surface area contributed by atoms with Gasteiger partial charge in [-0.2, -0.15) is 5.10 Å². The molecule has 0 bridgehead atoms. The molecule has 4 aromatic rings. The second-order valence-corrected chi connectivity index (χ2v) is 9.77. The third kappa shape index (κ3) is 4.05. The Balaban J connectivity index is 1.65. The summed E-state index contributed by atoms with van der Waals surface area (Å²) in [6, 6.07) is 19.1. The zero-order valence-electron chi connectivity index (χ0n) is 20.9. The van der Waals surface area contributed by atoms with E-state index in [1.54, 1.807) is 13.0 Å². The van der Waals surface area contributed by atoms with Crippen LogP contribution in [0.25, 0.3) is 16.9 Å². The molecule has 0 fully saturated rings. The predicted octanol–water partition coefficient (Wildman–Crippen LogP) is 7.14. The molecule has 0 atom stereocenters. The summed E-state index contributed by atoms with van der Waals surface area (Å²) in [5.41, 5.74) is 10.4. The van der Waals surface area contributed by atoms with Crippen LogP contribution < -0.4 is 4.90 Å². The molecule has 1 aromatic heterocycles. The van der Waals surface area contributed by atoms with Gasteiger partial charge in [0.15, 0.2) is 5.78 Å². The second-order valence-electron chi connectivity index (χ2n) is 9.77. The van der Waals surface area contributed by atoms with E-state index in [-0.39, 0.29) is 17.5 Å². The number of carbonyl (C=O) groups is 1. The van der Waals surface area contributed by atoms with Crippen molar-refractivity contribution in [2.75, 3.05) is 4.90 Å². The zero-order chi connectivity index (χ0) is 24.9. The number of halogens is 1. The van der Waals surface area contributed by atoms with Crippen LogP contribution in [0.1, 0.15) is 65.0 Å². The molecule has 0 N–H and O–H groups in total. The number of para-hydroxylation sites is 1. The number of anilines is 1. The number of carbonyl (C=O) groups excluding carboxylic acids is 1. The number of hydrogen-bond acceptors (Lipinski definition) is 3. The van der Waals surface area contributed by atoms with Crippen molar-refractivity contribution in [3.8, 4) is 16.9 Å². The van der Waals surface area contributed by atoms with Crippen molar-refractivity contribution < 1.29 is 9.18 Å². The Morgan fingerprint density at radius 1 is 0.971 bits per heavy atom. The van der Waals surface area contributed by atoms with Crippen molar-refractivity contribution in [2.45, 2.75) is 53.6 Å². The largest absolute Gasteiger partial charge is 0.361 e. The molecule has 1 aliphatic rings. The molecule has 1 aliphatic heterocycles. The number of hydrogen-bond donors (Lipinski definition) is 0. The molecule has 0 saturated heterocycles. The summed E-state index contributed by atoms with van der Waals surface area (Å²) < 4.78 is 16.1. The SMILES string of the molecule is CC(=O)c1ccc(-c2c3c(nn2-c2c(C)cccc2C)CN(c2ccc(F)cc2C(C)C)C3)cc1. The highest BCUT2D eigenvalue weighted by Crippen LogP contribution is 2.40. The van der Waals surface area contributed by atoms with Crippen LogP contribution in [0.5, 0.6) is 0 Å². The maximum absolute atomic E-state index is 14.0. The van der Waals surface area contributed by atoms with E-state index >= 15 is 0 Å². The Morgan fingerprint density at radius 3 is 2.29 bits per heavy atom. The topological polar surface area (TPSA) is 38.1 Å². The van der Waals surface area contributed by atoms with Crippen molar-refractivity contribution in [1.29, 1.82) is 0 Å². The maximum atomic E-state index is 14.0. The standard InChI is InChI=1S/C30H30FN3O/c1-18(2)25-15-24(31)13-14-28(25)33-16-26-27(17-33)32-34(29-19(3)7-6-8-20(29)4)30(26)23-11-9-22(10-12-23)21(5)35/h6-15,18H,16-17H2,1-5H3. The lowest BCUT2D eigenvalue weighted by atomic mass is 10.00. The van der Waals surface area contributed by atoms with Crippen LogP contribution in [0.4, 0.5) is 10.1 Å². The van der Waals surface area contributed by atoms with Crippen LogP contribution >= 0.6 is 0 Å². The molecule has 5 rings (SSSR count). The molecule has 35 heavy (non-hydrogen) atoms. The van der Waals surface area contributed by atoms with E-state index in [1.807, 2.05) is 30.3 Å². The molecule has 4 nitrogen and oxygen atoms in total. The van der Waals surface area contributed by atoms with Gasteiger partial charge in [0, 0.05) is 28.9 Å². The first-order chi connectivity index (χ1) is 16.7. The minimum atomic E-state index is -0.208. The van der Waals surface area contributed by atoms with Gasteiger partial charge in [-0.15, -0.1) is 0 Å². The van der Waals surface area contributed by atoms with Crippen molar-refractivity contribution in [3.63, 3.8) is 0 Å². The van der Waals surface area contributed by atoms with Gasteiger partial charge in [-0.05, 0) is 61.6 Å². The lowest BCUT2D eigenvalue weighted by Crippen LogP contribution is -2.19. The zero-order valence-corrected chi connectivity index (χ0v) is 20.9. The maximum Gasteiger partial charge on any atom is 0.159 e. The second kappa shape index (κ2) is 8.81. The number of benzene rings is 3. The average molecular weight is 468 g/mol. The number of rotatable bonds is 5. The quantitative estimate of drug-likeness (QED) is 0.293. The van der Waals surface area contributed by atoms with E-state index in [0.29, 0.717) is 18.7 Å². The summed E-state index contributed by atoms with van der Waals surface area (Å²) in [5, 5.41) is 5.12. The first kappa shape index (κ1) is 23.0. The highest BCUT2D eigenvalue weighted by atomic mass is 19.1. The molecule has 0 unspecified atom stereocenters. The summed E-state index contributed by atoms with van der Waals surface area (Å²) in [7, 11) is 0. The van der Waals surface area contributed by atoms with E-state index in [9.17, 15) is 9.18 Å². The van der Waals surface area contributed by atoms with Crippen LogP contribution in [-0.4, -0.2) is 15.6 Å². The molecular formula is C30H30FN3O. The number of Topliss-reactive ketones (excluding diaryl/α,β-unsaturated/α-hetero) is 1. The van der Waals surface area contributed by atoms with Gasteiger partial charge in [-0.3, -0.25) is 4.79 Å². The summed E-state index contributed by atoms with van der Waals surface area (Å²) in [6.07, 6.45) is 0. The predicted molar refractivity (Wildman–Crippen MR) is 139 cm³/mol. The van der Waals surface area contributed by atoms with E-state index in [0.717, 1.165) is 45.0 Å². The lowest BCUT2D eigenvalue weighted by Gasteiger charge is -2.24. The fourth-order valence-electron chi connectivity index (χ4n) is 5.12. The fraction of sp³-hybridized carbons (Fsp3) is 0.267. The Bertz CT molecular complexity index is 1410. The Labute approximate surface area is 206 Å². The lowest BCUT2D eigenvalue weighted by molar-refractivity contribution is 0.101. The smallest absolute Gasteiger partial charge is 0.159 e. The summed E-state index contributed by atoms with van der Waals surface area (Å²) >= 11 is 0. The van der Waals surface area contributed by atoms with E-state index in [4.69, 9.17) is 5.10 Å². The van der Waals surface area contributed by atoms with E-state index in [2.05, 4.69) is 55.5 Å². The molecule has 3 aromatic carbocycles. The summed E-state index contributed by atoms with van der Waals surface area (Å²) in [5.74, 6) is 0.0522. The number of aromatic nitrogens is 2. The summed E-state index contributed by atoms with van der Waals surface area (Å²) in [6.45, 7) is 11.3. The monoisotopic (exact) mass is 467 g/mol. The first-order valence-corrected chi connectivity index (χ1v) is 12.1. The molecule has 0 spiro atoms. The van der Waals surface area contributed by atoms with Crippen LogP contribution in [-0.2, 0) is 13.1 Å². The van der Waals surface area contributed by atoms with E-state index in [1.165, 1.54) is 11.6 Å². The highest BCUT2D eigenvalue weighted by molar-refractivity contribution is 5.94. The van der Waals surface area contributed by atoms with Gasteiger partial charge < -0.3 is 4.90 Å². The number of fused-ring (bicyclic) bond motifs is 1. The molecule has 0 aliphatic carbocycles. The van der Waals surface area contributed by atoms with Crippen molar-refractivity contribution in [2.24, 2.45) is 0 Å². The minimum Gasteiger partial charge on any atom is -0.361 e. The first-order valence-electron chi connectivity index (χ1n) is 12.1. The van der Waals surface area contributed by atoms with Crippen LogP contribution in [0.15, 0.2) is 60.7 Å². The highest BCUT2D eigenvalue weighted by Gasteiger charge is 2.31. The summed E-state index contributed by atoms with van der Waals surface area (Å²) in [4.78, 5) is 14.2. The third-order valence-corrected chi connectivity index (χ3v) is 6.92. The van der Waals surface area contributed by atoms with Gasteiger partial charge >= 0.3 is 0 Å². The van der Waals surface area contributed by atoms with Crippen LogP contribution in [0.2, 0.25) is 0 Å².